The highest BCUT2D eigenvalue weighted by Gasteiger charge is 2.32. The van der Waals surface area contributed by atoms with Crippen molar-refractivity contribution < 1.29 is 22.9 Å². The molecule has 2 heterocycles. The summed E-state index contributed by atoms with van der Waals surface area (Å²) in [6.45, 7) is 1.33. The molecule has 0 aliphatic carbocycles. The fourth-order valence-electron chi connectivity index (χ4n) is 3.85. The third-order valence-electron chi connectivity index (χ3n) is 5.49. The van der Waals surface area contributed by atoms with Gasteiger partial charge in [-0.15, -0.1) is 0 Å². The number of alkyl halides is 3. The van der Waals surface area contributed by atoms with E-state index in [1.807, 2.05) is 4.90 Å². The summed E-state index contributed by atoms with van der Waals surface area (Å²) in [4.78, 5) is 29.7. The maximum atomic E-state index is 13.3. The van der Waals surface area contributed by atoms with Crippen molar-refractivity contribution >= 4 is 23.0 Å². The fourth-order valence-corrected chi connectivity index (χ4v) is 3.85. The molecule has 1 aliphatic rings. The number of carbonyl (C=O) groups is 1. The third kappa shape index (κ3) is 4.81. The van der Waals surface area contributed by atoms with Gasteiger partial charge in [-0.25, -0.2) is 4.98 Å². The molecule has 0 radical (unpaired) electrons. The minimum Gasteiger partial charge on any atom is -0.370 e. The molecular formula is C22H20F3N5O3. The molecule has 0 saturated carbocycles. The van der Waals surface area contributed by atoms with E-state index in [2.05, 4.69) is 10.3 Å². The molecule has 0 atom stereocenters. The molecular weight excluding hydrogens is 439 g/mol. The van der Waals surface area contributed by atoms with Gasteiger partial charge in [0.05, 0.1) is 28.2 Å². The summed E-state index contributed by atoms with van der Waals surface area (Å²) in [5.41, 5.74) is -0.561. The van der Waals surface area contributed by atoms with Crippen LogP contribution in [0.15, 0.2) is 55.1 Å². The van der Waals surface area contributed by atoms with Crippen LogP contribution in [-0.2, 0) is 6.18 Å². The van der Waals surface area contributed by atoms with Crippen LogP contribution in [0, 0.1) is 10.1 Å². The fraction of sp³-hybridized carbons (Fsp3) is 0.273. The van der Waals surface area contributed by atoms with Gasteiger partial charge in [0.25, 0.3) is 11.6 Å². The number of halogens is 3. The van der Waals surface area contributed by atoms with E-state index in [0.717, 1.165) is 37.5 Å². The molecule has 2 aromatic carbocycles. The Bertz CT molecular complexity index is 1170. The second-order valence-corrected chi connectivity index (χ2v) is 7.66. The molecule has 33 heavy (non-hydrogen) atoms. The van der Waals surface area contributed by atoms with Crippen LogP contribution in [0.3, 0.4) is 0 Å². The van der Waals surface area contributed by atoms with Crippen molar-refractivity contribution in [3.05, 3.63) is 76.4 Å². The van der Waals surface area contributed by atoms with Crippen LogP contribution in [0.25, 0.3) is 5.69 Å². The third-order valence-corrected chi connectivity index (χ3v) is 5.49. The summed E-state index contributed by atoms with van der Waals surface area (Å²) in [6, 6.07) is 7.12. The molecule has 1 amide bonds. The van der Waals surface area contributed by atoms with Crippen LogP contribution in [-0.4, -0.2) is 33.5 Å². The highest BCUT2D eigenvalue weighted by Crippen LogP contribution is 2.36. The number of imidazole rings is 1. The first-order chi connectivity index (χ1) is 15.7. The first-order valence-corrected chi connectivity index (χ1v) is 10.3. The first kappa shape index (κ1) is 22.3. The number of amides is 1. The average molecular weight is 459 g/mol. The lowest BCUT2D eigenvalue weighted by atomic mass is 10.1. The average Bonchev–Trinajstić information content (AvgIpc) is 3.33. The van der Waals surface area contributed by atoms with Crippen LogP contribution in [0.5, 0.6) is 0 Å². The van der Waals surface area contributed by atoms with E-state index in [9.17, 15) is 28.1 Å². The molecule has 0 bridgehead atoms. The number of nitrogens with zero attached hydrogens (tertiary/aromatic N) is 4. The highest BCUT2D eigenvalue weighted by atomic mass is 19.4. The summed E-state index contributed by atoms with van der Waals surface area (Å²) in [6.07, 6.45) is 2.62. The lowest BCUT2D eigenvalue weighted by Crippen LogP contribution is -2.30. The second-order valence-electron chi connectivity index (χ2n) is 7.66. The number of hydrogen-bond acceptors (Lipinski definition) is 5. The van der Waals surface area contributed by atoms with Gasteiger partial charge in [-0.1, -0.05) is 0 Å². The van der Waals surface area contributed by atoms with Crippen molar-refractivity contribution in [2.75, 3.05) is 23.3 Å². The van der Waals surface area contributed by atoms with Crippen molar-refractivity contribution in [2.24, 2.45) is 0 Å². The zero-order valence-electron chi connectivity index (χ0n) is 17.4. The van der Waals surface area contributed by atoms with Crippen LogP contribution >= 0.6 is 0 Å². The van der Waals surface area contributed by atoms with E-state index in [0.29, 0.717) is 18.8 Å². The molecule has 8 nitrogen and oxygen atoms in total. The minimum atomic E-state index is -4.58. The standard InChI is InChI=1S/C22H20F3N5O3/c23-22(24,25)16-5-7-18(28-9-2-1-3-10-28)17(13-16)27-21(31)15-4-6-19(20(12-15)30(32)33)29-11-8-26-14-29/h4-8,11-14H,1-3,9-10H2,(H,27,31). The van der Waals surface area contributed by atoms with Crippen molar-refractivity contribution in [3.63, 3.8) is 0 Å². The molecule has 1 fully saturated rings. The smallest absolute Gasteiger partial charge is 0.370 e. The normalized spacial score (nSPS) is 14.2. The predicted octanol–water partition coefficient (Wildman–Crippen LogP) is 5.04. The second kappa shape index (κ2) is 8.93. The molecule has 1 saturated heterocycles. The molecule has 1 aliphatic heterocycles. The summed E-state index contributed by atoms with van der Waals surface area (Å²) in [5, 5.41) is 14.1. The number of carbonyl (C=O) groups excluding carboxylic acids is 1. The van der Waals surface area contributed by atoms with Gasteiger partial charge in [-0.2, -0.15) is 13.2 Å². The maximum absolute atomic E-state index is 13.3. The van der Waals surface area contributed by atoms with E-state index in [1.165, 1.54) is 41.5 Å². The minimum absolute atomic E-state index is 0.0121. The molecule has 0 unspecified atom stereocenters. The monoisotopic (exact) mass is 459 g/mol. The van der Waals surface area contributed by atoms with Crippen molar-refractivity contribution in [1.29, 1.82) is 0 Å². The van der Waals surface area contributed by atoms with Gasteiger partial charge in [0.15, 0.2) is 0 Å². The Morgan fingerprint density at radius 3 is 2.42 bits per heavy atom. The van der Waals surface area contributed by atoms with Crippen LogP contribution in [0.2, 0.25) is 0 Å². The number of nitro benzene ring substituents is 1. The topological polar surface area (TPSA) is 93.3 Å². The number of nitrogens with one attached hydrogen (secondary N) is 1. The largest absolute Gasteiger partial charge is 0.416 e. The van der Waals surface area contributed by atoms with Gasteiger partial charge in [-0.05, 0) is 49.6 Å². The Balaban J connectivity index is 1.68. The maximum Gasteiger partial charge on any atom is 0.416 e. The SMILES string of the molecule is O=C(Nc1cc(C(F)(F)F)ccc1N1CCCCC1)c1ccc(-n2ccnc2)c([N+](=O)[O-])c1. The zero-order chi connectivity index (χ0) is 23.6. The molecule has 1 N–H and O–H groups in total. The Morgan fingerprint density at radius 2 is 1.79 bits per heavy atom. The number of hydrogen-bond donors (Lipinski definition) is 1. The van der Waals surface area contributed by atoms with Gasteiger partial charge in [-0.3, -0.25) is 14.9 Å². The van der Waals surface area contributed by atoms with Gasteiger partial charge in [0, 0.05) is 37.1 Å². The zero-order valence-corrected chi connectivity index (χ0v) is 17.4. The van der Waals surface area contributed by atoms with E-state index in [4.69, 9.17) is 0 Å². The summed E-state index contributed by atoms with van der Waals surface area (Å²) in [7, 11) is 0. The molecule has 3 aromatic rings. The molecule has 11 heteroatoms. The van der Waals surface area contributed by atoms with Crippen LogP contribution in [0.1, 0.15) is 35.2 Å². The van der Waals surface area contributed by atoms with E-state index in [-0.39, 0.29) is 22.6 Å². The Kier molecular flexibility index (Phi) is 6.03. The van der Waals surface area contributed by atoms with Gasteiger partial charge in [0.2, 0.25) is 0 Å². The molecule has 172 valence electrons. The van der Waals surface area contributed by atoms with Gasteiger partial charge < -0.3 is 14.8 Å². The summed E-state index contributed by atoms with van der Waals surface area (Å²) < 4.78 is 41.4. The van der Waals surface area contributed by atoms with Gasteiger partial charge >= 0.3 is 6.18 Å². The predicted molar refractivity (Wildman–Crippen MR) is 116 cm³/mol. The molecule has 4 rings (SSSR count). The lowest BCUT2D eigenvalue weighted by Gasteiger charge is -2.31. The van der Waals surface area contributed by atoms with Gasteiger partial charge in [0.1, 0.15) is 5.69 Å². The van der Waals surface area contributed by atoms with Crippen molar-refractivity contribution in [1.82, 2.24) is 9.55 Å². The van der Waals surface area contributed by atoms with E-state index in [1.54, 1.807) is 0 Å². The lowest BCUT2D eigenvalue weighted by molar-refractivity contribution is -0.384. The highest BCUT2D eigenvalue weighted by molar-refractivity contribution is 6.06. The van der Waals surface area contributed by atoms with E-state index < -0.39 is 22.6 Å². The van der Waals surface area contributed by atoms with Crippen LogP contribution in [0.4, 0.5) is 30.2 Å². The quantitative estimate of drug-likeness (QED) is 0.426. The molecule has 1 aromatic heterocycles. The Hall–Kier alpha value is -3.89. The van der Waals surface area contributed by atoms with Crippen molar-refractivity contribution in [2.45, 2.75) is 25.4 Å². The summed E-state index contributed by atoms with van der Waals surface area (Å²) in [5.74, 6) is -0.743. The Morgan fingerprint density at radius 1 is 1.06 bits per heavy atom. The Labute approximate surface area is 186 Å². The van der Waals surface area contributed by atoms with Crippen LogP contribution < -0.4 is 10.2 Å². The number of aromatic nitrogens is 2. The number of rotatable bonds is 5. The number of anilines is 2. The summed E-state index contributed by atoms with van der Waals surface area (Å²) >= 11 is 0. The number of nitro groups is 1. The van der Waals surface area contributed by atoms with Crippen molar-refractivity contribution in [3.8, 4) is 5.69 Å². The number of benzene rings is 2. The first-order valence-electron chi connectivity index (χ1n) is 10.3. The van der Waals surface area contributed by atoms with E-state index >= 15 is 0 Å². The molecule has 0 spiro atoms. The number of piperidine rings is 1.